The van der Waals surface area contributed by atoms with Crippen molar-refractivity contribution >= 4 is 18.1 Å². The van der Waals surface area contributed by atoms with Gasteiger partial charge in [0.15, 0.2) is 5.82 Å². The molecule has 2 aliphatic heterocycles. The Kier molecular flexibility index (Phi) is 11.2. The topological polar surface area (TPSA) is 76.9 Å². The van der Waals surface area contributed by atoms with Crippen LogP contribution in [0.3, 0.4) is 0 Å². The molecule has 0 spiro atoms. The molecule has 1 saturated heterocycles. The van der Waals surface area contributed by atoms with E-state index in [1.807, 2.05) is 0 Å². The second-order valence-corrected chi connectivity index (χ2v) is 7.42. The Morgan fingerprint density at radius 2 is 2.06 bits per heavy atom. The van der Waals surface area contributed by atoms with Crippen molar-refractivity contribution in [2.75, 3.05) is 42.7 Å². The SMILES string of the molecule is C[C@@H]1COCCN1c1nc2n(c(=O)c1F)CC[C@@H](C(C)(F)F)N2C[C-]=O.[CH2-]CCO[CH2-].[Li+]. The van der Waals surface area contributed by atoms with Crippen molar-refractivity contribution in [1.29, 1.82) is 0 Å². The predicted molar refractivity (Wildman–Crippen MR) is 109 cm³/mol. The van der Waals surface area contributed by atoms with Gasteiger partial charge in [0.05, 0.1) is 25.3 Å². The molecule has 12 heteroatoms. The number of morpholine rings is 1. The number of nitrogens with zero attached hydrogens (tertiary/aromatic N) is 4. The maximum atomic E-state index is 14.7. The first kappa shape index (κ1) is 28.5. The molecule has 0 radical (unpaired) electrons. The van der Waals surface area contributed by atoms with Crippen molar-refractivity contribution in [1.82, 2.24) is 9.55 Å². The summed E-state index contributed by atoms with van der Waals surface area (Å²) in [5, 5.41) is 0. The van der Waals surface area contributed by atoms with Gasteiger partial charge in [0.25, 0.3) is 11.5 Å². The molecule has 0 aromatic carbocycles. The number of rotatable bonds is 6. The van der Waals surface area contributed by atoms with Crippen molar-refractivity contribution in [3.05, 3.63) is 30.2 Å². The number of hydrogen-bond donors (Lipinski definition) is 0. The van der Waals surface area contributed by atoms with Gasteiger partial charge in [-0.3, -0.25) is 9.36 Å². The van der Waals surface area contributed by atoms with E-state index in [0.717, 1.165) is 22.8 Å². The van der Waals surface area contributed by atoms with E-state index in [9.17, 15) is 22.8 Å². The van der Waals surface area contributed by atoms with Crippen LogP contribution < -0.4 is 34.2 Å². The number of carbonyl (C=O) groups excluding carboxylic acids is 1. The Hall–Kier alpha value is -1.54. The van der Waals surface area contributed by atoms with Crippen LogP contribution in [-0.4, -0.2) is 66.8 Å². The molecule has 1 fully saturated rings. The van der Waals surface area contributed by atoms with E-state index < -0.39 is 29.9 Å². The van der Waals surface area contributed by atoms with E-state index in [-0.39, 0.29) is 49.6 Å². The van der Waals surface area contributed by atoms with E-state index >= 15 is 0 Å². The number of fused-ring (bicyclic) bond motifs is 1. The van der Waals surface area contributed by atoms with Gasteiger partial charge in [-0.2, -0.15) is 15.8 Å². The predicted octanol–water partition coefficient (Wildman–Crippen LogP) is -1.03. The molecule has 8 nitrogen and oxygen atoms in total. The molecular weight excluding hydrogens is 424 g/mol. The van der Waals surface area contributed by atoms with Gasteiger partial charge in [-0.15, -0.1) is 0 Å². The molecule has 2 aliphatic rings. The molecule has 2 atom stereocenters. The van der Waals surface area contributed by atoms with Gasteiger partial charge in [-0.1, -0.05) is 6.54 Å². The quantitative estimate of drug-likeness (QED) is 0.404. The average molecular weight is 452 g/mol. The summed E-state index contributed by atoms with van der Waals surface area (Å²) >= 11 is 0. The van der Waals surface area contributed by atoms with Gasteiger partial charge < -0.3 is 31.0 Å². The molecule has 0 aliphatic carbocycles. The molecule has 0 unspecified atom stereocenters. The van der Waals surface area contributed by atoms with Crippen molar-refractivity contribution in [2.45, 2.75) is 51.2 Å². The van der Waals surface area contributed by atoms with Crippen LogP contribution in [0.5, 0.6) is 0 Å². The number of aromatic nitrogens is 2. The number of hydrogen-bond acceptors (Lipinski definition) is 7. The first-order chi connectivity index (χ1) is 14.7. The zero-order valence-electron chi connectivity index (χ0n) is 18.8. The molecule has 0 bridgehead atoms. The van der Waals surface area contributed by atoms with Gasteiger partial charge in [-0.25, -0.2) is 22.2 Å². The summed E-state index contributed by atoms with van der Waals surface area (Å²) in [4.78, 5) is 30.2. The third kappa shape index (κ3) is 6.50. The van der Waals surface area contributed by atoms with Crippen LogP contribution in [0.15, 0.2) is 4.79 Å². The summed E-state index contributed by atoms with van der Waals surface area (Å²) in [6.45, 7) is 7.13. The van der Waals surface area contributed by atoms with Gasteiger partial charge in [0.1, 0.15) is 0 Å². The van der Waals surface area contributed by atoms with Crippen LogP contribution in [-0.2, 0) is 20.8 Å². The van der Waals surface area contributed by atoms with E-state index in [2.05, 4.69) is 23.8 Å². The van der Waals surface area contributed by atoms with Crippen LogP contribution in [0.1, 0.15) is 26.7 Å². The van der Waals surface area contributed by atoms with Crippen LogP contribution in [0, 0.1) is 19.9 Å². The number of ether oxygens (including phenoxy) is 2. The molecule has 176 valence electrons. The molecular formula is C20H28F3LiN4O4-2. The summed E-state index contributed by atoms with van der Waals surface area (Å²) in [5.41, 5.74) is -0.933. The fourth-order valence-electron chi connectivity index (χ4n) is 3.59. The Labute approximate surface area is 198 Å². The Morgan fingerprint density at radius 3 is 2.56 bits per heavy atom. The molecule has 1 aromatic rings. The van der Waals surface area contributed by atoms with Gasteiger partial charge in [-0.05, 0) is 20.0 Å². The smallest absolute Gasteiger partial charge is 0.557 e. The van der Waals surface area contributed by atoms with E-state index in [4.69, 9.17) is 4.74 Å². The Morgan fingerprint density at radius 1 is 1.38 bits per heavy atom. The third-order valence-corrected chi connectivity index (χ3v) is 5.08. The Bertz CT molecular complexity index is 804. The number of alkyl halides is 2. The van der Waals surface area contributed by atoms with Gasteiger partial charge in [0.2, 0.25) is 11.8 Å². The molecule has 0 amide bonds. The summed E-state index contributed by atoms with van der Waals surface area (Å²) in [6.07, 6.45) is 2.29. The summed E-state index contributed by atoms with van der Waals surface area (Å²) in [6, 6.07) is -1.55. The first-order valence-corrected chi connectivity index (χ1v) is 9.97. The van der Waals surface area contributed by atoms with E-state index in [1.54, 1.807) is 18.1 Å². The minimum absolute atomic E-state index is 0. The molecule has 0 saturated carbocycles. The molecule has 1 aromatic heterocycles. The molecule has 3 rings (SSSR count). The minimum Gasteiger partial charge on any atom is -0.557 e. The van der Waals surface area contributed by atoms with E-state index in [1.165, 1.54) is 0 Å². The fourth-order valence-corrected chi connectivity index (χ4v) is 3.59. The molecule has 0 N–H and O–H groups in total. The van der Waals surface area contributed by atoms with Crippen molar-refractivity contribution in [3.8, 4) is 0 Å². The first-order valence-electron chi connectivity index (χ1n) is 9.97. The van der Waals surface area contributed by atoms with Crippen molar-refractivity contribution in [2.24, 2.45) is 0 Å². The normalized spacial score (nSPS) is 20.6. The number of halogens is 3. The Balaban J connectivity index is 0.000000770. The number of anilines is 2. The zero-order valence-corrected chi connectivity index (χ0v) is 18.8. The zero-order chi connectivity index (χ0) is 23.2. The molecule has 3 heterocycles. The van der Waals surface area contributed by atoms with Crippen LogP contribution in [0.25, 0.3) is 0 Å². The molecule has 32 heavy (non-hydrogen) atoms. The van der Waals surface area contributed by atoms with Crippen LogP contribution >= 0.6 is 0 Å². The van der Waals surface area contributed by atoms with Crippen molar-refractivity contribution < 1.29 is 46.3 Å². The summed E-state index contributed by atoms with van der Waals surface area (Å²) < 4.78 is 53.3. The van der Waals surface area contributed by atoms with Gasteiger partial charge in [0, 0.05) is 20.0 Å². The maximum Gasteiger partial charge on any atom is 1.00 e. The monoisotopic (exact) mass is 452 g/mol. The average Bonchev–Trinajstić information content (AvgIpc) is 2.72. The third-order valence-electron chi connectivity index (χ3n) is 5.08. The summed E-state index contributed by atoms with van der Waals surface area (Å²) in [7, 11) is 3.14. The standard InChI is InChI=1S/C16H20F3N4O3.C4H8O.Li/c1-10-9-26-8-6-21(10)13-12(17)14(25)23-4-3-11(16(2,18)19)22(5-7-24)15(23)20-13;1-3-4-5-2;/h10-11H,3-6,8-9H2,1-2H3;1-4H2;/q-1;-2;+1/t10-,11+;;/m1../s1. The van der Waals surface area contributed by atoms with Crippen LogP contribution in [0.4, 0.5) is 24.9 Å². The largest absolute Gasteiger partial charge is 1.00 e. The minimum atomic E-state index is -3.12. The van der Waals surface area contributed by atoms with Crippen molar-refractivity contribution in [3.63, 3.8) is 0 Å². The fraction of sp³-hybridized carbons (Fsp3) is 0.650. The van der Waals surface area contributed by atoms with E-state index in [0.29, 0.717) is 26.4 Å². The maximum absolute atomic E-state index is 14.7. The second kappa shape index (κ2) is 12.6. The second-order valence-electron chi connectivity index (χ2n) is 7.42. The summed E-state index contributed by atoms with van der Waals surface area (Å²) in [5.74, 6) is -4.49. The van der Waals surface area contributed by atoms with Gasteiger partial charge >= 0.3 is 18.9 Å². The van der Waals surface area contributed by atoms with Crippen LogP contribution in [0.2, 0.25) is 0 Å².